The zero-order chi connectivity index (χ0) is 14.8. The Morgan fingerprint density at radius 3 is 2.05 bits per heavy atom. The first-order valence-corrected chi connectivity index (χ1v) is 9.55. The molecule has 5 heteroatoms. The summed E-state index contributed by atoms with van der Waals surface area (Å²) in [4.78, 5) is 14.2. The lowest BCUT2D eigenvalue weighted by molar-refractivity contribution is -0.131. The Labute approximate surface area is 122 Å². The first-order chi connectivity index (χ1) is 9.44. The van der Waals surface area contributed by atoms with Gasteiger partial charge in [-0.3, -0.25) is 4.79 Å². The highest BCUT2D eigenvalue weighted by Crippen LogP contribution is 2.29. The molecule has 0 unspecified atom stereocenters. The molecule has 20 heavy (non-hydrogen) atoms. The van der Waals surface area contributed by atoms with Gasteiger partial charge in [0.15, 0.2) is 9.84 Å². The Balaban J connectivity index is 2.03. The number of sulfone groups is 1. The van der Waals surface area contributed by atoms with Gasteiger partial charge in [0.2, 0.25) is 5.91 Å². The number of rotatable bonds is 4. The van der Waals surface area contributed by atoms with E-state index >= 15 is 0 Å². The quantitative estimate of drug-likeness (QED) is 0.802. The number of amides is 1. The monoisotopic (exact) mass is 301 g/mol. The molecule has 0 saturated heterocycles. The van der Waals surface area contributed by atoms with Crippen LogP contribution in [-0.4, -0.2) is 42.8 Å². The second-order valence-corrected chi connectivity index (χ2v) is 8.93. The van der Waals surface area contributed by atoms with Crippen LogP contribution < -0.4 is 0 Å². The first kappa shape index (κ1) is 15.8. The summed E-state index contributed by atoms with van der Waals surface area (Å²) in [6.45, 7) is 1.58. The normalized spacial score (nSPS) is 23.7. The number of nitrogens with zero attached hydrogens (tertiary/aromatic N) is 1. The van der Waals surface area contributed by atoms with Crippen LogP contribution in [0.1, 0.15) is 64.7 Å². The maximum Gasteiger partial charge on any atom is 0.240 e. The molecule has 0 spiro atoms. The molecule has 1 amide bonds. The van der Waals surface area contributed by atoms with Crippen molar-refractivity contribution < 1.29 is 13.2 Å². The fourth-order valence-electron chi connectivity index (χ4n) is 3.58. The van der Waals surface area contributed by atoms with Crippen molar-refractivity contribution in [2.75, 3.05) is 7.05 Å². The van der Waals surface area contributed by atoms with Crippen molar-refractivity contribution in [2.45, 2.75) is 81.3 Å². The second-order valence-electron chi connectivity index (χ2n) is 6.38. The molecule has 2 saturated carbocycles. The van der Waals surface area contributed by atoms with Gasteiger partial charge in [0, 0.05) is 13.1 Å². The molecule has 2 aliphatic rings. The predicted octanol–water partition coefficient (Wildman–Crippen LogP) is 2.52. The van der Waals surface area contributed by atoms with Crippen molar-refractivity contribution in [1.82, 2.24) is 4.90 Å². The predicted molar refractivity (Wildman–Crippen MR) is 80.3 cm³/mol. The van der Waals surface area contributed by atoms with E-state index in [0.717, 1.165) is 51.4 Å². The van der Waals surface area contributed by atoms with Crippen molar-refractivity contribution in [3.8, 4) is 0 Å². The van der Waals surface area contributed by atoms with Crippen LogP contribution in [0.3, 0.4) is 0 Å². The highest BCUT2D eigenvalue weighted by Gasteiger charge is 2.39. The maximum atomic E-state index is 12.5. The Kier molecular flexibility index (Phi) is 5.10. The summed E-state index contributed by atoms with van der Waals surface area (Å²) in [6, 6.07) is 0.234. The molecule has 0 aromatic rings. The van der Waals surface area contributed by atoms with Gasteiger partial charge in [0.05, 0.1) is 5.25 Å². The molecule has 0 aromatic heterocycles. The fourth-order valence-corrected chi connectivity index (χ4v) is 5.60. The van der Waals surface area contributed by atoms with Crippen molar-refractivity contribution >= 4 is 15.7 Å². The van der Waals surface area contributed by atoms with Crippen molar-refractivity contribution in [3.63, 3.8) is 0 Å². The number of hydrogen-bond donors (Lipinski definition) is 0. The lowest BCUT2D eigenvalue weighted by Crippen LogP contribution is -2.47. The SMILES string of the molecule is C[C@H](C(=O)N(C)C1CCCCC1)S(=O)(=O)C1CCCC1. The van der Waals surface area contributed by atoms with Crippen LogP contribution >= 0.6 is 0 Å². The summed E-state index contributed by atoms with van der Waals surface area (Å²) in [5.41, 5.74) is 0. The van der Waals surface area contributed by atoms with E-state index in [0.29, 0.717) is 0 Å². The molecule has 0 radical (unpaired) electrons. The molecule has 1 atom stereocenters. The van der Waals surface area contributed by atoms with Gasteiger partial charge < -0.3 is 4.90 Å². The van der Waals surface area contributed by atoms with Crippen LogP contribution in [0.4, 0.5) is 0 Å². The van der Waals surface area contributed by atoms with Crippen LogP contribution in [0.25, 0.3) is 0 Å². The topological polar surface area (TPSA) is 54.5 Å². The third-order valence-corrected chi connectivity index (χ3v) is 7.67. The van der Waals surface area contributed by atoms with Crippen LogP contribution in [0.15, 0.2) is 0 Å². The average Bonchev–Trinajstić information content (AvgIpc) is 3.00. The van der Waals surface area contributed by atoms with Crippen LogP contribution in [0.2, 0.25) is 0 Å². The molecule has 0 bridgehead atoms. The molecule has 0 aliphatic heterocycles. The third-order valence-electron chi connectivity index (χ3n) is 5.08. The van der Waals surface area contributed by atoms with Crippen molar-refractivity contribution in [3.05, 3.63) is 0 Å². The molecule has 0 aromatic carbocycles. The van der Waals surface area contributed by atoms with E-state index < -0.39 is 15.1 Å². The van der Waals surface area contributed by atoms with E-state index in [9.17, 15) is 13.2 Å². The molecule has 0 N–H and O–H groups in total. The van der Waals surface area contributed by atoms with Crippen molar-refractivity contribution in [2.24, 2.45) is 0 Å². The molecule has 4 nitrogen and oxygen atoms in total. The minimum atomic E-state index is -3.31. The third kappa shape index (κ3) is 3.18. The highest BCUT2D eigenvalue weighted by molar-refractivity contribution is 7.93. The van der Waals surface area contributed by atoms with Gasteiger partial charge in [-0.2, -0.15) is 0 Å². The Hall–Kier alpha value is -0.580. The van der Waals surface area contributed by atoms with Crippen LogP contribution in [0.5, 0.6) is 0 Å². The molecular formula is C15H27NO3S. The first-order valence-electron chi connectivity index (χ1n) is 7.94. The standard InChI is InChI=1S/C15H27NO3S/c1-12(20(18,19)14-10-6-7-11-14)15(17)16(2)13-8-4-3-5-9-13/h12-14H,3-11H2,1-2H3/t12-/m1/s1. The number of hydrogen-bond acceptors (Lipinski definition) is 3. The molecule has 2 fully saturated rings. The van der Waals surface area contributed by atoms with Crippen molar-refractivity contribution in [1.29, 1.82) is 0 Å². The smallest absolute Gasteiger partial charge is 0.240 e. The largest absolute Gasteiger partial charge is 0.342 e. The Morgan fingerprint density at radius 1 is 1.00 bits per heavy atom. The highest BCUT2D eigenvalue weighted by atomic mass is 32.2. The van der Waals surface area contributed by atoms with E-state index in [1.807, 2.05) is 0 Å². The summed E-state index contributed by atoms with van der Waals surface area (Å²) < 4.78 is 25.0. The fraction of sp³-hybridized carbons (Fsp3) is 0.933. The lowest BCUT2D eigenvalue weighted by atomic mass is 9.94. The maximum absolute atomic E-state index is 12.5. The van der Waals surface area contributed by atoms with Gasteiger partial charge in [0.1, 0.15) is 5.25 Å². The zero-order valence-electron chi connectivity index (χ0n) is 12.7. The number of carbonyl (C=O) groups is 1. The second kappa shape index (κ2) is 6.46. The zero-order valence-corrected chi connectivity index (χ0v) is 13.5. The van der Waals surface area contributed by atoms with E-state index in [1.165, 1.54) is 6.42 Å². The molecule has 116 valence electrons. The lowest BCUT2D eigenvalue weighted by Gasteiger charge is -2.33. The summed E-state index contributed by atoms with van der Waals surface area (Å²) in [6.07, 6.45) is 8.95. The summed E-state index contributed by atoms with van der Waals surface area (Å²) in [7, 11) is -1.54. The van der Waals surface area contributed by atoms with Gasteiger partial charge in [0.25, 0.3) is 0 Å². The van der Waals surface area contributed by atoms with Gasteiger partial charge in [-0.1, -0.05) is 32.1 Å². The molecular weight excluding hydrogens is 274 g/mol. The Morgan fingerprint density at radius 2 is 1.50 bits per heavy atom. The summed E-state index contributed by atoms with van der Waals surface area (Å²) in [5.74, 6) is -0.205. The van der Waals surface area contributed by atoms with E-state index in [1.54, 1.807) is 18.9 Å². The van der Waals surface area contributed by atoms with E-state index in [2.05, 4.69) is 0 Å². The molecule has 2 rings (SSSR count). The van der Waals surface area contributed by atoms with Gasteiger partial charge in [-0.15, -0.1) is 0 Å². The van der Waals surface area contributed by atoms with E-state index in [-0.39, 0.29) is 17.2 Å². The Bertz CT molecular complexity index is 434. The van der Waals surface area contributed by atoms with Gasteiger partial charge >= 0.3 is 0 Å². The summed E-state index contributed by atoms with van der Waals surface area (Å²) in [5, 5.41) is -1.17. The van der Waals surface area contributed by atoms with Crippen LogP contribution in [-0.2, 0) is 14.6 Å². The average molecular weight is 301 g/mol. The minimum absolute atomic E-state index is 0.205. The van der Waals surface area contributed by atoms with E-state index in [4.69, 9.17) is 0 Å². The van der Waals surface area contributed by atoms with Gasteiger partial charge in [-0.05, 0) is 32.6 Å². The minimum Gasteiger partial charge on any atom is -0.342 e. The molecule has 0 heterocycles. The van der Waals surface area contributed by atoms with Gasteiger partial charge in [-0.25, -0.2) is 8.42 Å². The van der Waals surface area contributed by atoms with Crippen LogP contribution in [0, 0.1) is 0 Å². The molecule has 2 aliphatic carbocycles. The number of carbonyl (C=O) groups excluding carboxylic acids is 1. The summed E-state index contributed by atoms with van der Waals surface area (Å²) >= 11 is 0.